The first-order valence-corrected chi connectivity index (χ1v) is 4.82. The topological polar surface area (TPSA) is 15.3 Å². The van der Waals surface area contributed by atoms with E-state index in [0.29, 0.717) is 6.04 Å². The number of hydrogen-bond donors (Lipinski definition) is 1. The molecule has 1 aliphatic heterocycles. The molecule has 1 aliphatic carbocycles. The van der Waals surface area contributed by atoms with E-state index in [1.165, 1.54) is 38.8 Å². The van der Waals surface area contributed by atoms with Gasteiger partial charge in [0.1, 0.15) is 0 Å². The third kappa shape index (κ3) is 1.48. The molecule has 2 fully saturated rings. The molecular formula is C8H14N2S. The summed E-state index contributed by atoms with van der Waals surface area (Å²) in [6, 6.07) is 0.697. The van der Waals surface area contributed by atoms with E-state index in [1.807, 2.05) is 0 Å². The van der Waals surface area contributed by atoms with Crippen LogP contribution in [0.2, 0.25) is 0 Å². The van der Waals surface area contributed by atoms with Crippen molar-refractivity contribution in [3.63, 3.8) is 0 Å². The van der Waals surface area contributed by atoms with Gasteiger partial charge in [0.25, 0.3) is 0 Å². The summed E-state index contributed by atoms with van der Waals surface area (Å²) in [4.78, 5) is 2.24. The van der Waals surface area contributed by atoms with Crippen LogP contribution in [-0.2, 0) is 0 Å². The van der Waals surface area contributed by atoms with E-state index in [0.717, 1.165) is 5.11 Å². The zero-order chi connectivity index (χ0) is 7.68. The van der Waals surface area contributed by atoms with Crippen molar-refractivity contribution >= 4 is 17.3 Å². The molecule has 2 rings (SSSR count). The highest BCUT2D eigenvalue weighted by molar-refractivity contribution is 7.80. The Hall–Kier alpha value is -0.310. The van der Waals surface area contributed by atoms with Gasteiger partial charge >= 0.3 is 0 Å². The molecule has 0 radical (unpaired) electrons. The molecule has 1 heterocycles. The molecule has 3 heteroatoms. The minimum Gasteiger partial charge on any atom is -0.360 e. The average Bonchev–Trinajstić information content (AvgIpc) is 1.74. The summed E-state index contributed by atoms with van der Waals surface area (Å²) in [7, 11) is 0. The maximum absolute atomic E-state index is 5.22. The lowest BCUT2D eigenvalue weighted by Crippen LogP contribution is -2.51. The van der Waals surface area contributed by atoms with Crippen molar-refractivity contribution in [1.82, 2.24) is 10.2 Å². The van der Waals surface area contributed by atoms with E-state index >= 15 is 0 Å². The Morgan fingerprint density at radius 1 is 1.27 bits per heavy atom. The molecule has 2 aliphatic rings. The summed E-state index contributed by atoms with van der Waals surface area (Å²) in [6.07, 6.45) is 5.31. The third-order valence-corrected chi connectivity index (χ3v) is 2.95. The molecular weight excluding hydrogens is 156 g/mol. The van der Waals surface area contributed by atoms with Gasteiger partial charge in [-0.1, -0.05) is 0 Å². The van der Waals surface area contributed by atoms with Crippen LogP contribution in [0, 0.1) is 0 Å². The molecule has 2 nitrogen and oxygen atoms in total. The Bertz CT molecular complexity index is 161. The first-order valence-electron chi connectivity index (χ1n) is 4.42. The Morgan fingerprint density at radius 2 is 2.00 bits per heavy atom. The first-order chi connectivity index (χ1) is 5.36. The van der Waals surface area contributed by atoms with E-state index in [2.05, 4.69) is 10.2 Å². The monoisotopic (exact) mass is 170 g/mol. The van der Waals surface area contributed by atoms with Gasteiger partial charge in [0.15, 0.2) is 5.11 Å². The Morgan fingerprint density at radius 3 is 2.36 bits per heavy atom. The number of likely N-dealkylation sites (tertiary alicyclic amines) is 1. The molecule has 0 aromatic rings. The maximum Gasteiger partial charge on any atom is 0.169 e. The molecule has 0 amide bonds. The molecule has 0 aromatic carbocycles. The highest BCUT2D eigenvalue weighted by atomic mass is 32.1. The number of nitrogens with one attached hydrogen (secondary N) is 1. The lowest BCUT2D eigenvalue weighted by atomic mass is 9.93. The van der Waals surface area contributed by atoms with Gasteiger partial charge in [0, 0.05) is 19.1 Å². The molecule has 0 spiro atoms. The van der Waals surface area contributed by atoms with E-state index in [1.54, 1.807) is 0 Å². The lowest BCUT2D eigenvalue weighted by molar-refractivity contribution is 0.280. The largest absolute Gasteiger partial charge is 0.360 e. The van der Waals surface area contributed by atoms with Crippen LogP contribution in [0.5, 0.6) is 0 Å². The second-order valence-electron chi connectivity index (χ2n) is 3.42. The first kappa shape index (κ1) is 7.35. The summed E-state index contributed by atoms with van der Waals surface area (Å²) >= 11 is 5.22. The molecule has 62 valence electrons. The molecule has 0 atom stereocenters. The van der Waals surface area contributed by atoms with Crippen LogP contribution in [0.4, 0.5) is 0 Å². The fourth-order valence-electron chi connectivity index (χ4n) is 1.34. The van der Waals surface area contributed by atoms with Crippen molar-refractivity contribution in [2.75, 3.05) is 13.1 Å². The molecule has 0 bridgehead atoms. The predicted molar refractivity (Wildman–Crippen MR) is 49.6 cm³/mol. The molecule has 0 aromatic heterocycles. The number of hydrogen-bond acceptors (Lipinski definition) is 1. The summed E-state index contributed by atoms with van der Waals surface area (Å²) in [5.74, 6) is 0. The molecule has 1 saturated carbocycles. The van der Waals surface area contributed by atoms with Gasteiger partial charge in [-0.25, -0.2) is 0 Å². The van der Waals surface area contributed by atoms with E-state index in [9.17, 15) is 0 Å². The fraction of sp³-hybridized carbons (Fsp3) is 0.875. The third-order valence-electron chi connectivity index (χ3n) is 2.58. The fourth-order valence-corrected chi connectivity index (χ4v) is 1.69. The normalized spacial score (nSPS) is 23.8. The average molecular weight is 170 g/mol. The Labute approximate surface area is 73.0 Å². The van der Waals surface area contributed by atoms with Crippen molar-refractivity contribution in [3.05, 3.63) is 0 Å². The van der Waals surface area contributed by atoms with Crippen molar-refractivity contribution in [2.24, 2.45) is 0 Å². The Balaban J connectivity index is 1.71. The van der Waals surface area contributed by atoms with Gasteiger partial charge in [-0.3, -0.25) is 0 Å². The number of nitrogens with zero attached hydrogens (tertiary/aromatic N) is 1. The summed E-state index contributed by atoms with van der Waals surface area (Å²) in [6.45, 7) is 2.33. The zero-order valence-electron chi connectivity index (χ0n) is 6.68. The summed E-state index contributed by atoms with van der Waals surface area (Å²) in [5.41, 5.74) is 0. The van der Waals surface area contributed by atoms with Crippen LogP contribution < -0.4 is 5.32 Å². The second-order valence-corrected chi connectivity index (χ2v) is 3.80. The van der Waals surface area contributed by atoms with Crippen LogP contribution in [0.3, 0.4) is 0 Å². The van der Waals surface area contributed by atoms with Gasteiger partial charge < -0.3 is 10.2 Å². The summed E-state index contributed by atoms with van der Waals surface area (Å²) in [5, 5.41) is 4.36. The van der Waals surface area contributed by atoms with Crippen LogP contribution in [0.15, 0.2) is 0 Å². The van der Waals surface area contributed by atoms with E-state index < -0.39 is 0 Å². The lowest BCUT2D eigenvalue weighted by Gasteiger charge is -2.37. The van der Waals surface area contributed by atoms with Gasteiger partial charge in [-0.05, 0) is 37.9 Å². The molecule has 11 heavy (non-hydrogen) atoms. The van der Waals surface area contributed by atoms with Gasteiger partial charge in [-0.2, -0.15) is 0 Å². The van der Waals surface area contributed by atoms with Gasteiger partial charge in [-0.15, -0.1) is 0 Å². The highest BCUT2D eigenvalue weighted by Gasteiger charge is 2.22. The van der Waals surface area contributed by atoms with Crippen molar-refractivity contribution in [1.29, 1.82) is 0 Å². The van der Waals surface area contributed by atoms with Gasteiger partial charge in [0.2, 0.25) is 0 Å². The van der Waals surface area contributed by atoms with Crippen LogP contribution in [0.1, 0.15) is 25.7 Å². The molecule has 1 saturated heterocycles. The van der Waals surface area contributed by atoms with E-state index in [-0.39, 0.29) is 0 Å². The van der Waals surface area contributed by atoms with E-state index in [4.69, 9.17) is 12.2 Å². The minimum absolute atomic E-state index is 0.697. The quantitative estimate of drug-likeness (QED) is 0.594. The molecule has 1 N–H and O–H groups in total. The van der Waals surface area contributed by atoms with Crippen molar-refractivity contribution in [3.8, 4) is 0 Å². The standard InChI is InChI=1S/C8H14N2S/c11-8(10-5-2-6-10)9-7-3-1-4-7/h7H,1-6H2,(H,9,11). The van der Waals surface area contributed by atoms with Crippen LogP contribution in [0.25, 0.3) is 0 Å². The summed E-state index contributed by atoms with van der Waals surface area (Å²) < 4.78 is 0. The number of rotatable bonds is 1. The highest BCUT2D eigenvalue weighted by Crippen LogP contribution is 2.19. The van der Waals surface area contributed by atoms with Gasteiger partial charge in [0.05, 0.1) is 0 Å². The van der Waals surface area contributed by atoms with Crippen LogP contribution >= 0.6 is 12.2 Å². The second kappa shape index (κ2) is 2.97. The minimum atomic E-state index is 0.697. The SMILES string of the molecule is S=C(NC1CCC1)N1CCC1. The van der Waals surface area contributed by atoms with Crippen LogP contribution in [-0.4, -0.2) is 29.1 Å². The molecule has 0 unspecified atom stereocenters. The zero-order valence-corrected chi connectivity index (χ0v) is 7.49. The predicted octanol–water partition coefficient (Wildman–Crippen LogP) is 1.12. The maximum atomic E-state index is 5.22. The Kier molecular flexibility index (Phi) is 1.98. The van der Waals surface area contributed by atoms with Crippen molar-refractivity contribution < 1.29 is 0 Å². The number of thiocarbonyl (C=S) groups is 1. The van der Waals surface area contributed by atoms with Crippen molar-refractivity contribution in [2.45, 2.75) is 31.7 Å². The smallest absolute Gasteiger partial charge is 0.169 e.